The number of aliphatic hydroxyl groups is 4. The Balaban J connectivity index is 1.73. The summed E-state index contributed by atoms with van der Waals surface area (Å²) in [5, 5.41) is 46.6. The number of aliphatic hydroxyl groups excluding tert-OH is 4. The van der Waals surface area contributed by atoms with Crippen molar-refractivity contribution in [3.63, 3.8) is 0 Å². The van der Waals surface area contributed by atoms with E-state index in [0.29, 0.717) is 13.0 Å². The molecule has 0 spiro atoms. The smallest absolute Gasteiger partial charge is 0.331 e. The summed E-state index contributed by atoms with van der Waals surface area (Å²) in [4.78, 5) is 51.4. The maximum absolute atomic E-state index is 13.3. The summed E-state index contributed by atoms with van der Waals surface area (Å²) in [6.07, 6.45) is -9.56. The summed E-state index contributed by atoms with van der Waals surface area (Å²) < 4.78 is 27.6. The topological polar surface area (TPSA) is 245 Å². The first-order valence-corrected chi connectivity index (χ1v) is 16.6. The number of amides is 2. The molecule has 2 aliphatic rings. The number of methoxy groups -OCH3 is 1. The second-order valence-electron chi connectivity index (χ2n) is 11.8. The molecular formula is C31H45Cl2N3O13. The second kappa shape index (κ2) is 19.8. The van der Waals surface area contributed by atoms with Gasteiger partial charge in [0.1, 0.15) is 42.9 Å². The lowest BCUT2D eigenvalue weighted by molar-refractivity contribution is -0.226. The normalized spacial score (nSPS) is 30.0. The number of hydrogen-bond acceptors (Lipinski definition) is 14. The molecule has 49 heavy (non-hydrogen) atoms. The van der Waals surface area contributed by atoms with Gasteiger partial charge < -0.3 is 60.5 Å². The van der Waals surface area contributed by atoms with Crippen LogP contribution in [0.4, 0.5) is 0 Å². The molecule has 1 aromatic carbocycles. The van der Waals surface area contributed by atoms with Gasteiger partial charge in [0.15, 0.2) is 6.23 Å². The molecule has 0 aliphatic carbocycles. The first-order chi connectivity index (χ1) is 23.3. The molecule has 0 saturated carbocycles. The second-order valence-corrected chi connectivity index (χ2v) is 12.6. The number of Topliss-reactive ketones (excluding diaryl/α,β-unsaturated/α-hetero) is 1. The van der Waals surface area contributed by atoms with Gasteiger partial charge in [0.25, 0.3) is 5.91 Å². The van der Waals surface area contributed by atoms with Crippen molar-refractivity contribution < 1.29 is 63.3 Å². The zero-order valence-electron chi connectivity index (χ0n) is 27.2. The number of nitrogens with two attached hydrogens (primary N) is 1. The van der Waals surface area contributed by atoms with E-state index in [-0.39, 0.29) is 41.5 Å². The number of carbonyl (C=O) groups is 4. The van der Waals surface area contributed by atoms with Crippen molar-refractivity contribution in [2.24, 2.45) is 11.7 Å². The third kappa shape index (κ3) is 11.3. The van der Waals surface area contributed by atoms with Crippen molar-refractivity contribution in [3.05, 3.63) is 33.8 Å². The molecule has 2 aliphatic heterocycles. The third-order valence-corrected chi connectivity index (χ3v) is 9.10. The van der Waals surface area contributed by atoms with E-state index in [9.17, 15) is 39.6 Å². The van der Waals surface area contributed by atoms with Gasteiger partial charge in [-0.05, 0) is 31.2 Å². The molecule has 2 saturated heterocycles. The minimum Gasteiger partial charge on any atom is -0.467 e. The molecule has 0 radical (unpaired) electrons. The summed E-state index contributed by atoms with van der Waals surface area (Å²) in [6.45, 7) is 0.508. The lowest BCUT2D eigenvalue weighted by Crippen LogP contribution is -2.65. The molecule has 0 aromatic heterocycles. The Morgan fingerprint density at radius 3 is 2.24 bits per heavy atom. The van der Waals surface area contributed by atoms with Gasteiger partial charge in [-0.25, -0.2) is 4.79 Å². The van der Waals surface area contributed by atoms with Crippen LogP contribution in [0.5, 0.6) is 0 Å². The lowest BCUT2D eigenvalue weighted by Gasteiger charge is -2.44. The molecule has 1 aromatic rings. The van der Waals surface area contributed by atoms with Crippen LogP contribution in [-0.2, 0) is 38.1 Å². The van der Waals surface area contributed by atoms with E-state index in [0.717, 1.165) is 7.11 Å². The Bertz CT molecular complexity index is 1280. The highest BCUT2D eigenvalue weighted by atomic mass is 35.5. The summed E-state index contributed by atoms with van der Waals surface area (Å²) in [5.74, 6) is -3.05. The first-order valence-electron chi connectivity index (χ1n) is 15.8. The minimum absolute atomic E-state index is 0.0853. The predicted molar refractivity (Wildman–Crippen MR) is 173 cm³/mol. The SMILES string of the molecule is COC(=O)COC1C(NC(=O)c2ccc(Cl)c(Cl)c2)[C@H](CC(=O)CCC(=O)N[C@@H]2OC(CO)[C@H](O)[C@H](C)C2OCCCN)O[C@@H](CO)[C@@H]1O. The molecule has 3 rings (SSSR count). The number of nitrogens with one attached hydrogen (secondary N) is 2. The molecular weight excluding hydrogens is 693 g/mol. The van der Waals surface area contributed by atoms with E-state index in [1.807, 2.05) is 0 Å². The molecule has 10 atom stereocenters. The highest BCUT2D eigenvalue weighted by Crippen LogP contribution is 2.29. The summed E-state index contributed by atoms with van der Waals surface area (Å²) in [7, 11) is 1.13. The van der Waals surface area contributed by atoms with Crippen molar-refractivity contribution in [3.8, 4) is 0 Å². The fraction of sp³-hybridized carbons (Fsp3) is 0.677. The fourth-order valence-electron chi connectivity index (χ4n) is 5.60. The van der Waals surface area contributed by atoms with Crippen LogP contribution >= 0.6 is 23.2 Å². The average Bonchev–Trinajstić information content (AvgIpc) is 3.08. The zero-order chi connectivity index (χ0) is 36.2. The molecule has 8 N–H and O–H groups in total. The molecule has 4 unspecified atom stereocenters. The number of ether oxygens (including phenoxy) is 5. The standard InChI is InChI=1S/C31H45Cl2N3O13/c1-15-26(42)21(12-37)49-31(28(15)46-9-3-8-34)35-23(40)7-5-17(39)11-20-25(36-30(44)16-4-6-18(32)19(33)10-16)29(47-14-24(41)45-2)27(43)22(13-38)48-20/h4,6,10,15,20-22,25-29,31,37-38,42-43H,3,5,7-9,11-14,34H2,1-2H3,(H,35,40)(H,36,44)/t15-,20-,21?,22-,25?,26+,27-,28?,29?,31+/m0/s1. The third-order valence-electron chi connectivity index (χ3n) is 8.36. The first kappa shape index (κ1) is 40.9. The number of esters is 1. The minimum atomic E-state index is -1.54. The Hall–Kier alpha value is -2.48. The van der Waals surface area contributed by atoms with Crippen molar-refractivity contribution in [1.82, 2.24) is 10.6 Å². The summed E-state index contributed by atoms with van der Waals surface area (Å²) in [6, 6.07) is 2.89. The number of carbonyl (C=O) groups excluding carboxylic acids is 4. The zero-order valence-corrected chi connectivity index (χ0v) is 28.7. The van der Waals surface area contributed by atoms with Crippen molar-refractivity contribution in [2.75, 3.05) is 40.1 Å². The van der Waals surface area contributed by atoms with Crippen LogP contribution in [0.3, 0.4) is 0 Å². The van der Waals surface area contributed by atoms with Gasteiger partial charge in [-0.1, -0.05) is 30.1 Å². The largest absolute Gasteiger partial charge is 0.467 e. The Morgan fingerprint density at radius 1 is 0.918 bits per heavy atom. The van der Waals surface area contributed by atoms with E-state index in [2.05, 4.69) is 15.4 Å². The van der Waals surface area contributed by atoms with Crippen LogP contribution in [0, 0.1) is 5.92 Å². The molecule has 18 heteroatoms. The van der Waals surface area contributed by atoms with Gasteiger partial charge in [0.2, 0.25) is 5.91 Å². The highest BCUT2D eigenvalue weighted by Gasteiger charge is 2.48. The van der Waals surface area contributed by atoms with Crippen LogP contribution in [-0.4, -0.2) is 139 Å². The van der Waals surface area contributed by atoms with Crippen LogP contribution in [0.2, 0.25) is 10.0 Å². The number of ketones is 1. The highest BCUT2D eigenvalue weighted by molar-refractivity contribution is 6.42. The number of rotatable bonds is 17. The van der Waals surface area contributed by atoms with Gasteiger partial charge in [0, 0.05) is 37.4 Å². The van der Waals surface area contributed by atoms with Crippen molar-refractivity contribution in [1.29, 1.82) is 0 Å². The number of hydrogen-bond donors (Lipinski definition) is 7. The van der Waals surface area contributed by atoms with Gasteiger partial charge in [-0.15, -0.1) is 0 Å². The van der Waals surface area contributed by atoms with E-state index in [1.165, 1.54) is 18.2 Å². The van der Waals surface area contributed by atoms with Crippen molar-refractivity contribution in [2.45, 2.75) is 87.6 Å². The van der Waals surface area contributed by atoms with E-state index < -0.39 is 104 Å². The Kier molecular flexibility index (Phi) is 16.5. The summed E-state index contributed by atoms with van der Waals surface area (Å²) in [5.41, 5.74) is 5.63. The average molecular weight is 739 g/mol. The van der Waals surface area contributed by atoms with Gasteiger partial charge in [-0.2, -0.15) is 0 Å². The van der Waals surface area contributed by atoms with E-state index in [1.54, 1.807) is 6.92 Å². The van der Waals surface area contributed by atoms with Gasteiger partial charge in [-0.3, -0.25) is 14.4 Å². The van der Waals surface area contributed by atoms with E-state index in [4.69, 9.17) is 47.9 Å². The van der Waals surface area contributed by atoms with Crippen molar-refractivity contribution >= 4 is 46.8 Å². The molecule has 2 amide bonds. The van der Waals surface area contributed by atoms with Gasteiger partial charge in [0.05, 0.1) is 48.6 Å². The molecule has 16 nitrogen and oxygen atoms in total. The van der Waals surface area contributed by atoms with E-state index >= 15 is 0 Å². The Morgan fingerprint density at radius 2 is 1.61 bits per heavy atom. The maximum atomic E-state index is 13.3. The number of benzene rings is 1. The van der Waals surface area contributed by atoms with Gasteiger partial charge >= 0.3 is 5.97 Å². The van der Waals surface area contributed by atoms with Crippen LogP contribution < -0.4 is 16.4 Å². The fourth-order valence-corrected chi connectivity index (χ4v) is 5.90. The maximum Gasteiger partial charge on any atom is 0.331 e. The summed E-state index contributed by atoms with van der Waals surface area (Å²) >= 11 is 12.0. The van der Waals surface area contributed by atoms with Crippen LogP contribution in [0.1, 0.15) is 43.0 Å². The molecule has 2 heterocycles. The monoisotopic (exact) mass is 737 g/mol. The van der Waals surface area contributed by atoms with Crippen LogP contribution in [0.25, 0.3) is 0 Å². The molecule has 0 bridgehead atoms. The Labute approximate surface area is 293 Å². The number of halogens is 2. The molecule has 2 fully saturated rings. The quantitative estimate of drug-likeness (QED) is 0.0755. The molecule has 276 valence electrons. The van der Waals surface area contributed by atoms with Crippen LogP contribution in [0.15, 0.2) is 18.2 Å². The predicted octanol–water partition coefficient (Wildman–Crippen LogP) is -0.926. The lowest BCUT2D eigenvalue weighted by atomic mass is 9.89.